The molecule has 14 nitrogen and oxygen atoms in total. The van der Waals surface area contributed by atoms with Gasteiger partial charge in [-0.3, -0.25) is 28.9 Å². The van der Waals surface area contributed by atoms with Crippen molar-refractivity contribution in [1.82, 2.24) is 34.9 Å². The zero-order chi connectivity index (χ0) is 45.7. The molecule has 0 spiro atoms. The standard InChI is InChI=1S/C50H64N8O6/c1-10-44(59)54-43-27-52-49(56(43)8)64-29-40(31(3)4)47(60)53-41-24-33-15-12-16-34(23-33)35-19-20-42-38(25-35)39(46(57(42)11-2)37-18-13-21-51-45(37)32(5)62-9)26-50(6,7)30-63-28-36-17-14-22-58(55-36)48(41)61/h10,12-13,15-16,18-21,23,25,27,31-32,36,40-41,55H,1,11,14,17,22,24,26,28-30H2,2-9H3,(H,53,60)(H,54,59)/t32-,36-,40-,41-/m0/s1. The minimum atomic E-state index is -0.874. The van der Waals surface area contributed by atoms with E-state index in [9.17, 15) is 14.4 Å². The van der Waals surface area contributed by atoms with Crippen LogP contribution in [0.1, 0.15) is 77.3 Å². The number of fused-ring (bicyclic) bond motifs is 6. The van der Waals surface area contributed by atoms with Gasteiger partial charge in [-0.1, -0.05) is 64.6 Å². The first kappa shape index (κ1) is 46.2. The maximum Gasteiger partial charge on any atom is 0.297 e. The maximum atomic E-state index is 14.6. The number of amides is 3. The summed E-state index contributed by atoms with van der Waals surface area (Å²) in [6, 6.07) is 18.4. The molecule has 0 saturated carbocycles. The number of anilines is 1. The molecule has 3 aromatic heterocycles. The van der Waals surface area contributed by atoms with Gasteiger partial charge in [0.15, 0.2) is 0 Å². The summed E-state index contributed by atoms with van der Waals surface area (Å²) in [7, 11) is 3.43. The first-order valence-corrected chi connectivity index (χ1v) is 22.5. The van der Waals surface area contributed by atoms with E-state index in [1.807, 2.05) is 45.2 Å². The van der Waals surface area contributed by atoms with Gasteiger partial charge in [0, 0.05) is 62.4 Å². The Labute approximate surface area is 376 Å². The third-order valence-corrected chi connectivity index (χ3v) is 12.6. The third-order valence-electron chi connectivity index (χ3n) is 12.6. The van der Waals surface area contributed by atoms with E-state index in [2.05, 4.69) is 89.4 Å². The molecule has 3 amide bonds. The predicted molar refractivity (Wildman–Crippen MR) is 249 cm³/mol. The fourth-order valence-electron chi connectivity index (χ4n) is 8.95. The smallest absolute Gasteiger partial charge is 0.297 e. The molecule has 2 aliphatic heterocycles. The van der Waals surface area contributed by atoms with E-state index >= 15 is 0 Å². The Balaban J connectivity index is 1.26. The van der Waals surface area contributed by atoms with Gasteiger partial charge in [0.25, 0.3) is 11.9 Å². The Hall–Kier alpha value is -5.83. The molecule has 1 saturated heterocycles. The van der Waals surface area contributed by atoms with Crippen LogP contribution in [0.5, 0.6) is 6.01 Å². The number of methoxy groups -OCH3 is 1. The third kappa shape index (κ3) is 10.1. The van der Waals surface area contributed by atoms with Crippen molar-refractivity contribution in [2.24, 2.45) is 24.3 Å². The van der Waals surface area contributed by atoms with Crippen LogP contribution in [-0.4, -0.2) is 87.4 Å². The van der Waals surface area contributed by atoms with Gasteiger partial charge >= 0.3 is 0 Å². The molecular formula is C50H64N8O6. The highest BCUT2D eigenvalue weighted by atomic mass is 16.5. The van der Waals surface area contributed by atoms with Crippen LogP contribution < -0.4 is 20.8 Å². The van der Waals surface area contributed by atoms with Crippen molar-refractivity contribution in [2.45, 2.75) is 92.0 Å². The Kier molecular flexibility index (Phi) is 14.4. The van der Waals surface area contributed by atoms with E-state index in [1.54, 1.807) is 23.7 Å². The number of hydrogen-bond acceptors (Lipinski definition) is 9. The maximum absolute atomic E-state index is 14.6. The lowest BCUT2D eigenvalue weighted by atomic mass is 9.84. The number of aryl methyl sites for hydroxylation is 1. The number of pyridine rings is 1. The predicted octanol–water partition coefficient (Wildman–Crippen LogP) is 7.43. The molecule has 5 heterocycles. The number of benzene rings is 2. The lowest BCUT2D eigenvalue weighted by molar-refractivity contribution is -0.143. The number of imidazole rings is 1. The Morgan fingerprint density at radius 1 is 1.09 bits per heavy atom. The Morgan fingerprint density at radius 3 is 2.64 bits per heavy atom. The number of rotatable bonds is 12. The molecular weight excluding hydrogens is 809 g/mol. The number of carbonyl (C=O) groups is 3. The van der Waals surface area contributed by atoms with Gasteiger partial charge in [0.2, 0.25) is 11.8 Å². The number of ether oxygens (including phenoxy) is 3. The summed E-state index contributed by atoms with van der Waals surface area (Å²) in [5.74, 6) is -1.21. The Morgan fingerprint density at radius 2 is 1.89 bits per heavy atom. The number of hydrogen-bond donors (Lipinski definition) is 3. The van der Waals surface area contributed by atoms with Crippen LogP contribution in [0, 0.1) is 17.3 Å². The molecule has 0 unspecified atom stereocenters. The second-order valence-electron chi connectivity index (χ2n) is 18.2. The second-order valence-corrected chi connectivity index (χ2v) is 18.2. The molecule has 2 aliphatic rings. The fraction of sp³-hybridized carbons (Fsp3) is 0.460. The van der Waals surface area contributed by atoms with E-state index in [-0.39, 0.29) is 60.2 Å². The summed E-state index contributed by atoms with van der Waals surface area (Å²) in [5.41, 5.74) is 11.7. The lowest BCUT2D eigenvalue weighted by Crippen LogP contribution is -2.60. The van der Waals surface area contributed by atoms with Crippen molar-refractivity contribution < 1.29 is 28.6 Å². The van der Waals surface area contributed by atoms with Crippen molar-refractivity contribution in [3.05, 3.63) is 96.5 Å². The average Bonchev–Trinajstić information content (AvgIpc) is 3.79. The van der Waals surface area contributed by atoms with Crippen LogP contribution in [0.2, 0.25) is 0 Å². The molecule has 0 aliphatic carbocycles. The highest BCUT2D eigenvalue weighted by Crippen LogP contribution is 2.42. The molecule has 14 heteroatoms. The van der Waals surface area contributed by atoms with E-state index in [0.29, 0.717) is 25.6 Å². The van der Waals surface area contributed by atoms with Gasteiger partial charge in [-0.2, -0.15) is 0 Å². The summed E-state index contributed by atoms with van der Waals surface area (Å²) in [6.45, 7) is 18.3. The topological polar surface area (TPSA) is 154 Å². The first-order chi connectivity index (χ1) is 30.7. The highest BCUT2D eigenvalue weighted by molar-refractivity contribution is 5.98. The zero-order valence-electron chi connectivity index (χ0n) is 38.6. The van der Waals surface area contributed by atoms with Crippen molar-refractivity contribution in [2.75, 3.05) is 38.8 Å². The zero-order valence-corrected chi connectivity index (χ0v) is 38.6. The van der Waals surface area contributed by atoms with Gasteiger partial charge in [-0.05, 0) is 97.0 Å². The first-order valence-electron chi connectivity index (χ1n) is 22.5. The van der Waals surface area contributed by atoms with Gasteiger partial charge in [0.1, 0.15) is 18.5 Å². The lowest BCUT2D eigenvalue weighted by Gasteiger charge is -2.37. The number of aromatic nitrogens is 4. The molecule has 4 atom stereocenters. The summed E-state index contributed by atoms with van der Waals surface area (Å²) in [4.78, 5) is 50.0. The molecule has 6 bridgehead atoms. The number of carbonyl (C=O) groups excluding carboxylic acids is 3. The van der Waals surface area contributed by atoms with Gasteiger partial charge in [-0.15, -0.1) is 0 Å². The molecule has 7 rings (SSSR count). The molecule has 64 heavy (non-hydrogen) atoms. The van der Waals surface area contributed by atoms with Crippen LogP contribution in [0.4, 0.5) is 5.82 Å². The van der Waals surface area contributed by atoms with Crippen molar-refractivity contribution in [3.63, 3.8) is 0 Å². The quantitative estimate of drug-likeness (QED) is 0.109. The number of hydrazine groups is 1. The molecule has 5 aromatic rings. The minimum Gasteiger partial charge on any atom is -0.464 e. The van der Waals surface area contributed by atoms with Crippen LogP contribution in [0.25, 0.3) is 33.3 Å². The average molecular weight is 873 g/mol. The number of nitrogens with one attached hydrogen (secondary N) is 3. The SMILES string of the molecule is C=CC(=O)Nc1cnc(OC[C@H](C(=O)N[C@H]2Cc3cccc(c3)-c3ccc4c(c3)c(c(-c3cccnc3[C@H](C)OC)n4CC)CC(C)(C)COC[C@@H]3CCCN(N3)C2=O)C(C)C)n1C. The highest BCUT2D eigenvalue weighted by Gasteiger charge is 2.34. The second kappa shape index (κ2) is 19.9. The van der Waals surface area contributed by atoms with Crippen LogP contribution in [-0.2, 0) is 50.3 Å². The summed E-state index contributed by atoms with van der Waals surface area (Å²) in [5, 5.41) is 8.69. The van der Waals surface area contributed by atoms with E-state index in [0.717, 1.165) is 65.0 Å². The van der Waals surface area contributed by atoms with E-state index in [1.165, 1.54) is 23.2 Å². The molecule has 2 aromatic carbocycles. The molecule has 340 valence electrons. The van der Waals surface area contributed by atoms with Crippen molar-refractivity contribution >= 4 is 34.4 Å². The largest absolute Gasteiger partial charge is 0.464 e. The molecule has 1 fully saturated rings. The Bertz CT molecular complexity index is 2490. The van der Waals surface area contributed by atoms with Crippen LogP contribution in [0.15, 0.2) is 79.6 Å². The summed E-state index contributed by atoms with van der Waals surface area (Å²) in [6.07, 6.45) is 6.96. The van der Waals surface area contributed by atoms with Crippen molar-refractivity contribution in [1.29, 1.82) is 0 Å². The fourth-order valence-corrected chi connectivity index (χ4v) is 8.95. The molecule has 3 N–H and O–H groups in total. The van der Waals surface area contributed by atoms with Gasteiger partial charge < -0.3 is 29.4 Å². The van der Waals surface area contributed by atoms with Gasteiger partial charge in [0.05, 0.1) is 42.8 Å². The van der Waals surface area contributed by atoms with Crippen molar-refractivity contribution in [3.8, 4) is 28.4 Å². The minimum absolute atomic E-state index is 0.0107. The number of nitrogens with zero attached hydrogens (tertiary/aromatic N) is 5. The van der Waals surface area contributed by atoms with Gasteiger partial charge in [-0.25, -0.2) is 10.4 Å². The monoisotopic (exact) mass is 872 g/mol. The molecule has 0 radical (unpaired) electrons. The van der Waals surface area contributed by atoms with Crippen LogP contribution in [0.3, 0.4) is 0 Å². The summed E-state index contributed by atoms with van der Waals surface area (Å²) < 4.78 is 22.5. The van der Waals surface area contributed by atoms with E-state index < -0.39 is 12.0 Å². The van der Waals surface area contributed by atoms with E-state index in [4.69, 9.17) is 19.2 Å². The summed E-state index contributed by atoms with van der Waals surface area (Å²) >= 11 is 0. The van der Waals surface area contributed by atoms with Crippen LogP contribution >= 0.6 is 0 Å². The normalized spacial score (nSPS) is 18.9.